The summed E-state index contributed by atoms with van der Waals surface area (Å²) < 4.78 is 38.6. The first-order valence-electron chi connectivity index (χ1n) is 10.2. The minimum absolute atomic E-state index is 0. The zero-order valence-corrected chi connectivity index (χ0v) is 19.3. The summed E-state index contributed by atoms with van der Waals surface area (Å²) in [7, 11) is 0. The molecule has 166 valence electrons. The Hall–Kier alpha value is -1.01. The molecule has 1 atom stereocenters. The van der Waals surface area contributed by atoms with E-state index in [0.717, 1.165) is 62.5 Å². The van der Waals surface area contributed by atoms with Crippen LogP contribution >= 0.6 is 24.0 Å². The summed E-state index contributed by atoms with van der Waals surface area (Å²) in [5, 5.41) is 3.25. The Morgan fingerprint density at radius 2 is 2.14 bits per heavy atom. The molecule has 1 aromatic rings. The number of guanidine groups is 1. The molecule has 0 bridgehead atoms. The lowest BCUT2D eigenvalue weighted by Crippen LogP contribution is -2.47. The van der Waals surface area contributed by atoms with E-state index in [9.17, 15) is 8.78 Å². The highest BCUT2D eigenvalue weighted by molar-refractivity contribution is 14.0. The largest absolute Gasteiger partial charge is 0.376 e. The third-order valence-electron chi connectivity index (χ3n) is 5.20. The molecule has 2 aliphatic heterocycles. The van der Waals surface area contributed by atoms with Crippen molar-refractivity contribution >= 4 is 29.9 Å². The van der Waals surface area contributed by atoms with Gasteiger partial charge >= 0.3 is 6.55 Å². The van der Waals surface area contributed by atoms with Crippen molar-refractivity contribution in [3.63, 3.8) is 0 Å². The maximum absolute atomic E-state index is 13.0. The molecule has 1 aromatic heterocycles. The van der Waals surface area contributed by atoms with Crippen molar-refractivity contribution in [2.45, 2.75) is 64.3 Å². The fourth-order valence-corrected chi connectivity index (χ4v) is 3.63. The van der Waals surface area contributed by atoms with Crippen molar-refractivity contribution in [2.75, 3.05) is 32.8 Å². The lowest BCUT2D eigenvalue weighted by atomic mass is 10.1. The lowest BCUT2D eigenvalue weighted by Gasteiger charge is -2.35. The summed E-state index contributed by atoms with van der Waals surface area (Å²) in [6.07, 6.45) is 8.43. The second-order valence-electron chi connectivity index (χ2n) is 7.21. The second-order valence-corrected chi connectivity index (χ2v) is 7.21. The first kappa shape index (κ1) is 24.3. The molecule has 0 spiro atoms. The minimum atomic E-state index is -2.60. The van der Waals surface area contributed by atoms with Crippen LogP contribution in [0.1, 0.15) is 51.4 Å². The molecule has 10 heteroatoms. The number of piperidine rings is 1. The van der Waals surface area contributed by atoms with Crippen molar-refractivity contribution < 1.29 is 18.3 Å². The summed E-state index contributed by atoms with van der Waals surface area (Å²) in [6.45, 7) is 3.41. The third-order valence-corrected chi connectivity index (χ3v) is 5.20. The van der Waals surface area contributed by atoms with Crippen LogP contribution in [0.15, 0.2) is 17.4 Å². The van der Waals surface area contributed by atoms with Gasteiger partial charge in [0.1, 0.15) is 12.4 Å². The van der Waals surface area contributed by atoms with Crippen LogP contribution in [0.4, 0.5) is 8.78 Å². The SMILES string of the molecule is CCNC(=NCc1nccn1C(F)F)N1CCC(OCC2CCCCO2)CC1.I. The smallest absolute Gasteiger partial charge is 0.319 e. The number of aliphatic imine (C=N–C) groups is 1. The molecule has 0 amide bonds. The van der Waals surface area contributed by atoms with Crippen LogP contribution in [-0.4, -0.2) is 65.5 Å². The fraction of sp³-hybridized carbons (Fsp3) is 0.789. The molecule has 29 heavy (non-hydrogen) atoms. The molecule has 7 nitrogen and oxygen atoms in total. The Bertz CT molecular complexity index is 617. The number of likely N-dealkylation sites (tertiary alicyclic amines) is 1. The van der Waals surface area contributed by atoms with Crippen LogP contribution in [0.25, 0.3) is 0 Å². The quantitative estimate of drug-likeness (QED) is 0.335. The number of rotatable bonds is 7. The van der Waals surface area contributed by atoms with Crippen molar-refractivity contribution in [3.8, 4) is 0 Å². The van der Waals surface area contributed by atoms with E-state index in [1.54, 1.807) is 0 Å². The zero-order valence-electron chi connectivity index (χ0n) is 16.9. The van der Waals surface area contributed by atoms with Crippen LogP contribution in [0.3, 0.4) is 0 Å². The van der Waals surface area contributed by atoms with Gasteiger partial charge in [0, 0.05) is 38.6 Å². The van der Waals surface area contributed by atoms with E-state index in [2.05, 4.69) is 20.2 Å². The van der Waals surface area contributed by atoms with Gasteiger partial charge in [-0.3, -0.25) is 4.57 Å². The van der Waals surface area contributed by atoms with Gasteiger partial charge in [0.05, 0.1) is 18.8 Å². The molecule has 0 aromatic carbocycles. The minimum Gasteiger partial charge on any atom is -0.376 e. The molecule has 2 fully saturated rings. The molecule has 1 N–H and O–H groups in total. The monoisotopic (exact) mass is 527 g/mol. The highest BCUT2D eigenvalue weighted by atomic mass is 127. The van der Waals surface area contributed by atoms with Crippen molar-refractivity contribution in [3.05, 3.63) is 18.2 Å². The van der Waals surface area contributed by atoms with E-state index < -0.39 is 6.55 Å². The van der Waals surface area contributed by atoms with Crippen molar-refractivity contribution in [1.29, 1.82) is 0 Å². The first-order chi connectivity index (χ1) is 13.7. The topological polar surface area (TPSA) is 63.9 Å². The Balaban J connectivity index is 0.00000300. The van der Waals surface area contributed by atoms with E-state index in [-0.39, 0.29) is 48.6 Å². The molecule has 1 unspecified atom stereocenters. The lowest BCUT2D eigenvalue weighted by molar-refractivity contribution is -0.0721. The number of halogens is 3. The van der Waals surface area contributed by atoms with Gasteiger partial charge in [-0.2, -0.15) is 8.78 Å². The number of alkyl halides is 2. The van der Waals surface area contributed by atoms with E-state index in [4.69, 9.17) is 9.47 Å². The molecule has 0 saturated carbocycles. The molecule has 2 aliphatic rings. The van der Waals surface area contributed by atoms with Crippen molar-refractivity contribution in [2.24, 2.45) is 4.99 Å². The summed E-state index contributed by atoms with van der Waals surface area (Å²) in [5.74, 6) is 0.997. The number of hydrogen-bond donors (Lipinski definition) is 1. The summed E-state index contributed by atoms with van der Waals surface area (Å²) in [4.78, 5) is 10.7. The zero-order chi connectivity index (χ0) is 19.8. The van der Waals surface area contributed by atoms with Crippen LogP contribution < -0.4 is 5.32 Å². The maximum Gasteiger partial charge on any atom is 0.319 e. The molecular weight excluding hydrogens is 495 g/mol. The van der Waals surface area contributed by atoms with E-state index in [1.165, 1.54) is 18.8 Å². The van der Waals surface area contributed by atoms with Gasteiger partial charge in [0.15, 0.2) is 5.96 Å². The third kappa shape index (κ3) is 7.32. The van der Waals surface area contributed by atoms with E-state index >= 15 is 0 Å². The molecule has 3 rings (SSSR count). The average molecular weight is 527 g/mol. The molecule has 3 heterocycles. The molecular formula is C19H32F2IN5O2. The maximum atomic E-state index is 13.0. The summed E-state index contributed by atoms with van der Waals surface area (Å²) in [6, 6.07) is 0. The van der Waals surface area contributed by atoms with Gasteiger partial charge in [-0.1, -0.05) is 0 Å². The second kappa shape index (κ2) is 12.6. The number of nitrogens with zero attached hydrogens (tertiary/aromatic N) is 4. The number of ether oxygens (including phenoxy) is 2. The summed E-state index contributed by atoms with van der Waals surface area (Å²) >= 11 is 0. The number of imidazole rings is 1. The molecule has 0 aliphatic carbocycles. The van der Waals surface area contributed by atoms with Gasteiger partial charge in [0.2, 0.25) is 0 Å². The Labute approximate surface area is 188 Å². The first-order valence-corrected chi connectivity index (χ1v) is 10.2. The molecule has 2 saturated heterocycles. The van der Waals surface area contributed by atoms with E-state index in [0.29, 0.717) is 6.61 Å². The summed E-state index contributed by atoms with van der Waals surface area (Å²) in [5.41, 5.74) is 0. The molecule has 0 radical (unpaired) electrons. The predicted molar refractivity (Wildman–Crippen MR) is 118 cm³/mol. The van der Waals surface area contributed by atoms with Gasteiger partial charge < -0.3 is 19.7 Å². The van der Waals surface area contributed by atoms with E-state index in [1.807, 2.05) is 6.92 Å². The van der Waals surface area contributed by atoms with Gasteiger partial charge in [-0.25, -0.2) is 9.98 Å². The van der Waals surface area contributed by atoms with Crippen LogP contribution in [-0.2, 0) is 16.0 Å². The van der Waals surface area contributed by atoms with Crippen LogP contribution in [0, 0.1) is 0 Å². The predicted octanol–water partition coefficient (Wildman–Crippen LogP) is 3.41. The van der Waals surface area contributed by atoms with Gasteiger partial charge in [-0.15, -0.1) is 24.0 Å². The average Bonchev–Trinajstić information content (AvgIpc) is 3.20. The normalized spacial score (nSPS) is 21.3. The highest BCUT2D eigenvalue weighted by Crippen LogP contribution is 2.18. The van der Waals surface area contributed by atoms with Gasteiger partial charge in [-0.05, 0) is 39.0 Å². The number of aromatic nitrogens is 2. The fourth-order valence-electron chi connectivity index (χ4n) is 3.63. The number of nitrogens with one attached hydrogen (secondary N) is 1. The van der Waals surface area contributed by atoms with Crippen LogP contribution in [0.2, 0.25) is 0 Å². The Morgan fingerprint density at radius 3 is 2.79 bits per heavy atom. The Kier molecular flexibility index (Phi) is 10.6. The van der Waals surface area contributed by atoms with Crippen LogP contribution in [0.5, 0.6) is 0 Å². The standard InChI is InChI=1S/C19H31F2N5O2.HI/c1-2-22-19(24-13-17-23-8-11-26(17)18(20)21)25-9-6-15(7-10-25)28-14-16-5-3-4-12-27-16;/h8,11,15-16,18H,2-7,9-10,12-14H2,1H3,(H,22,24);1H. The number of hydrogen-bond acceptors (Lipinski definition) is 4. The van der Waals surface area contributed by atoms with Crippen molar-refractivity contribution in [1.82, 2.24) is 19.8 Å². The highest BCUT2D eigenvalue weighted by Gasteiger charge is 2.24. The van der Waals surface area contributed by atoms with Gasteiger partial charge in [0.25, 0.3) is 0 Å². The Morgan fingerprint density at radius 1 is 1.34 bits per heavy atom.